The minimum Gasteiger partial charge on any atom is -0.314 e. The van der Waals surface area contributed by atoms with Gasteiger partial charge in [0.05, 0.1) is 16.8 Å². The maximum absolute atomic E-state index is 12.8. The number of amides is 2. The number of H-pyrrole nitrogens is 2. The van der Waals surface area contributed by atoms with Crippen molar-refractivity contribution in [2.24, 2.45) is 5.84 Å². The molecule has 1 aromatic heterocycles. The van der Waals surface area contributed by atoms with Gasteiger partial charge in [0.2, 0.25) is 10.0 Å². The third-order valence-electron chi connectivity index (χ3n) is 4.19. The number of carbonyl (C=O) groups excluding carboxylic acids is 2. The Morgan fingerprint density at radius 2 is 1.69 bits per heavy atom. The number of aromatic amines is 2. The zero-order valence-electron chi connectivity index (χ0n) is 16.2. The highest BCUT2D eigenvalue weighted by Gasteiger charge is 2.25. The van der Waals surface area contributed by atoms with Crippen LogP contribution < -0.4 is 21.8 Å². The number of anilines is 1. The molecule has 11 nitrogen and oxygen atoms in total. The lowest BCUT2D eigenvalue weighted by atomic mass is 10.1. The Kier molecular flexibility index (Phi) is 6.72. The van der Waals surface area contributed by atoms with Crippen molar-refractivity contribution >= 4 is 43.5 Å². The van der Waals surface area contributed by atoms with Crippen LogP contribution in [-0.4, -0.2) is 35.2 Å². The molecule has 2 aromatic carbocycles. The first kappa shape index (κ1) is 23.1. The van der Waals surface area contributed by atoms with Gasteiger partial charge in [0.15, 0.2) is 0 Å². The number of hydrogen-bond acceptors (Lipinski definition) is 7. The highest BCUT2D eigenvalue weighted by Crippen LogP contribution is 2.20. The fraction of sp³-hybridized carbons (Fsp3) is 0.0526. The average molecular weight is 522 g/mol. The van der Waals surface area contributed by atoms with Crippen LogP contribution in [0.1, 0.15) is 26.3 Å². The number of hydrazine groups is 1. The molecule has 13 heteroatoms. The summed E-state index contributed by atoms with van der Waals surface area (Å²) in [6, 6.07) is 11.7. The van der Waals surface area contributed by atoms with E-state index in [1.807, 2.05) is 4.98 Å². The van der Waals surface area contributed by atoms with Crippen molar-refractivity contribution in [2.45, 2.75) is 5.75 Å². The minimum atomic E-state index is -4.18. The van der Waals surface area contributed by atoms with Gasteiger partial charge in [-0.15, -0.1) is 0 Å². The summed E-state index contributed by atoms with van der Waals surface area (Å²) in [5, 5.41) is 0.378. The highest BCUT2D eigenvalue weighted by molar-refractivity contribution is 9.10. The number of halogens is 1. The van der Waals surface area contributed by atoms with E-state index >= 15 is 0 Å². The lowest BCUT2D eigenvalue weighted by Gasteiger charge is -2.17. The molecular weight excluding hydrogens is 506 g/mol. The van der Waals surface area contributed by atoms with E-state index < -0.39 is 38.8 Å². The van der Waals surface area contributed by atoms with Crippen molar-refractivity contribution in [3.05, 3.63) is 96.7 Å². The second-order valence-corrected chi connectivity index (χ2v) is 9.13. The minimum absolute atomic E-state index is 0.141. The summed E-state index contributed by atoms with van der Waals surface area (Å²) >= 11 is 3.24. The molecule has 0 radical (unpaired) electrons. The normalized spacial score (nSPS) is 11.1. The van der Waals surface area contributed by atoms with E-state index in [1.54, 1.807) is 12.1 Å². The molecule has 3 rings (SSSR count). The number of carbonyl (C=O) groups is 2. The van der Waals surface area contributed by atoms with Gasteiger partial charge in [-0.25, -0.2) is 24.1 Å². The summed E-state index contributed by atoms with van der Waals surface area (Å²) in [5.74, 6) is 3.21. The molecule has 0 aliphatic heterocycles. The van der Waals surface area contributed by atoms with E-state index in [0.717, 1.165) is 10.7 Å². The number of nitrogens with one attached hydrogen (secondary N) is 3. The van der Waals surface area contributed by atoms with Gasteiger partial charge in [-0.2, -0.15) is 0 Å². The fourth-order valence-corrected chi connectivity index (χ4v) is 4.14. The summed E-state index contributed by atoms with van der Waals surface area (Å²) in [6.45, 7) is 0. The number of sulfonamides is 1. The smallest absolute Gasteiger partial charge is 0.314 e. The molecule has 0 spiro atoms. The Morgan fingerprint density at radius 3 is 2.34 bits per heavy atom. The van der Waals surface area contributed by atoms with Crippen LogP contribution in [0.25, 0.3) is 0 Å². The molecule has 3 aromatic rings. The molecule has 0 fully saturated rings. The number of para-hydroxylation sites is 1. The standard InChI is InChI=1S/C19H16BrN5O6S/c20-13-7-5-11(6-8-13)17(27)25(21)18(28)14-3-1-2-4-15(14)24-32(30,31)10-12-9-22-19(29)23-16(12)26/h1-9,24H,10,21H2,(H2,22,23,26,29). The van der Waals surface area contributed by atoms with Crippen molar-refractivity contribution in [3.8, 4) is 0 Å². The van der Waals surface area contributed by atoms with E-state index in [-0.39, 0.29) is 22.4 Å². The molecule has 0 aliphatic rings. The number of imide groups is 1. The zero-order chi connectivity index (χ0) is 23.5. The molecule has 0 aliphatic carbocycles. The van der Waals surface area contributed by atoms with Gasteiger partial charge in [-0.05, 0) is 36.4 Å². The lowest BCUT2D eigenvalue weighted by Crippen LogP contribution is -2.43. The van der Waals surface area contributed by atoms with E-state index in [2.05, 4.69) is 25.6 Å². The molecule has 0 atom stereocenters. The number of hydrogen-bond donors (Lipinski definition) is 4. The van der Waals surface area contributed by atoms with Gasteiger partial charge >= 0.3 is 5.69 Å². The number of rotatable bonds is 6. The molecule has 166 valence electrons. The van der Waals surface area contributed by atoms with E-state index in [4.69, 9.17) is 5.84 Å². The summed E-state index contributed by atoms with van der Waals surface area (Å²) in [7, 11) is -4.18. The van der Waals surface area contributed by atoms with Crippen LogP contribution in [0.4, 0.5) is 5.69 Å². The zero-order valence-corrected chi connectivity index (χ0v) is 18.6. The first-order chi connectivity index (χ1) is 15.1. The predicted octanol–water partition coefficient (Wildman–Crippen LogP) is 0.924. The van der Waals surface area contributed by atoms with Crippen molar-refractivity contribution in [2.75, 3.05) is 4.72 Å². The summed E-state index contributed by atoms with van der Waals surface area (Å²) < 4.78 is 28.0. The first-order valence-corrected chi connectivity index (χ1v) is 11.3. The Labute approximate surface area is 189 Å². The van der Waals surface area contributed by atoms with Crippen LogP contribution in [0, 0.1) is 0 Å². The maximum Gasteiger partial charge on any atom is 0.325 e. The molecular formula is C19H16BrN5O6S. The molecule has 2 amide bonds. The van der Waals surface area contributed by atoms with Crippen LogP contribution in [0.5, 0.6) is 0 Å². The molecule has 1 heterocycles. The monoisotopic (exact) mass is 521 g/mol. The molecule has 0 saturated carbocycles. The molecule has 0 unspecified atom stereocenters. The number of nitrogens with zero attached hydrogens (tertiary/aromatic N) is 1. The lowest BCUT2D eigenvalue weighted by molar-refractivity contribution is 0.0616. The molecule has 0 saturated heterocycles. The maximum atomic E-state index is 12.8. The van der Waals surface area contributed by atoms with Gasteiger partial charge < -0.3 is 4.98 Å². The Balaban J connectivity index is 1.85. The topological polar surface area (TPSA) is 175 Å². The average Bonchev–Trinajstić information content (AvgIpc) is 2.75. The quantitative estimate of drug-likeness (QED) is 0.161. The Bertz CT molecular complexity index is 1400. The van der Waals surface area contributed by atoms with Crippen LogP contribution in [0.15, 0.2) is 68.8 Å². The second kappa shape index (κ2) is 9.30. The largest absolute Gasteiger partial charge is 0.325 e. The van der Waals surface area contributed by atoms with E-state index in [9.17, 15) is 27.6 Å². The highest BCUT2D eigenvalue weighted by atomic mass is 79.9. The van der Waals surface area contributed by atoms with Crippen molar-refractivity contribution in [1.82, 2.24) is 15.0 Å². The van der Waals surface area contributed by atoms with Gasteiger partial charge in [0.1, 0.15) is 5.75 Å². The summed E-state index contributed by atoms with van der Waals surface area (Å²) in [4.78, 5) is 52.3. The number of aromatic nitrogens is 2. The summed E-state index contributed by atoms with van der Waals surface area (Å²) in [6.07, 6.45) is 0.982. The molecule has 5 N–H and O–H groups in total. The van der Waals surface area contributed by atoms with Crippen LogP contribution in [0.3, 0.4) is 0 Å². The van der Waals surface area contributed by atoms with Crippen molar-refractivity contribution in [1.29, 1.82) is 0 Å². The molecule has 32 heavy (non-hydrogen) atoms. The van der Waals surface area contributed by atoms with Crippen molar-refractivity contribution in [3.63, 3.8) is 0 Å². The van der Waals surface area contributed by atoms with Gasteiger partial charge in [-0.1, -0.05) is 28.1 Å². The van der Waals surface area contributed by atoms with Crippen LogP contribution in [-0.2, 0) is 15.8 Å². The van der Waals surface area contributed by atoms with Gasteiger partial charge in [0.25, 0.3) is 17.4 Å². The second-order valence-electron chi connectivity index (χ2n) is 6.49. The van der Waals surface area contributed by atoms with Crippen molar-refractivity contribution < 1.29 is 18.0 Å². The predicted molar refractivity (Wildman–Crippen MR) is 119 cm³/mol. The first-order valence-electron chi connectivity index (χ1n) is 8.87. The Morgan fingerprint density at radius 1 is 1.03 bits per heavy atom. The third kappa shape index (κ3) is 5.38. The Hall–Kier alpha value is -3.55. The van der Waals surface area contributed by atoms with Crippen LogP contribution >= 0.6 is 15.9 Å². The number of benzene rings is 2. The van der Waals surface area contributed by atoms with Gasteiger partial charge in [0, 0.05) is 16.2 Å². The van der Waals surface area contributed by atoms with Crippen LogP contribution in [0.2, 0.25) is 0 Å². The fourth-order valence-electron chi connectivity index (χ4n) is 2.67. The van der Waals surface area contributed by atoms with Gasteiger partial charge in [-0.3, -0.25) is 24.1 Å². The molecule has 0 bridgehead atoms. The SMILES string of the molecule is NN(C(=O)c1ccc(Br)cc1)C(=O)c1ccccc1NS(=O)(=O)Cc1c[nH]c(=O)[nH]c1=O. The van der Waals surface area contributed by atoms with E-state index in [1.165, 1.54) is 36.4 Å². The third-order valence-corrected chi connectivity index (χ3v) is 5.94. The summed E-state index contributed by atoms with van der Waals surface area (Å²) in [5.41, 5.74) is -2.03. The van der Waals surface area contributed by atoms with E-state index in [0.29, 0.717) is 5.01 Å². The number of nitrogens with two attached hydrogens (primary N) is 1.